The van der Waals surface area contributed by atoms with Crippen LogP contribution in [0.25, 0.3) is 11.2 Å². The summed E-state index contributed by atoms with van der Waals surface area (Å²) in [4.78, 5) is 26.8. The van der Waals surface area contributed by atoms with Gasteiger partial charge in [-0.25, -0.2) is 4.98 Å². The Kier molecular flexibility index (Phi) is 3.21. The highest BCUT2D eigenvalue weighted by atomic mass is 79.9. The molecule has 3 heterocycles. The number of imidazole rings is 1. The Morgan fingerprint density at radius 1 is 1.47 bits per heavy atom. The number of hydrogen-bond donors (Lipinski definition) is 2. The number of fused-ring (bicyclic) bond motifs is 1. The van der Waals surface area contributed by atoms with Crippen molar-refractivity contribution in [2.24, 2.45) is 0 Å². The molecule has 0 aliphatic carbocycles. The summed E-state index contributed by atoms with van der Waals surface area (Å²) in [7, 11) is 0. The number of rotatable bonds is 2. The second kappa shape index (κ2) is 4.87. The topological polar surface area (TPSA) is 83.6 Å². The summed E-state index contributed by atoms with van der Waals surface area (Å²) in [6, 6.07) is 1.72. The molecule has 0 saturated heterocycles. The minimum atomic E-state index is -0.298. The Bertz CT molecular complexity index is 770. The van der Waals surface area contributed by atoms with Gasteiger partial charge in [-0.2, -0.15) is 9.97 Å². The van der Waals surface area contributed by atoms with E-state index in [9.17, 15) is 4.79 Å². The standard InChI is InChI=1S/C10H5BrClN5OS/c11-5-1-4(2-19-5)9(18)17-10-15-7(12)6-8(16-10)14-3-13-6/h1-3H,(H2,13,14,15,16,17,18). The minimum absolute atomic E-state index is 0.122. The molecule has 3 aromatic heterocycles. The summed E-state index contributed by atoms with van der Waals surface area (Å²) in [6.45, 7) is 0. The number of amides is 1. The highest BCUT2D eigenvalue weighted by Gasteiger charge is 2.13. The van der Waals surface area contributed by atoms with Gasteiger partial charge in [0.05, 0.1) is 15.7 Å². The average molecular weight is 359 g/mol. The van der Waals surface area contributed by atoms with Crippen LogP contribution in [-0.2, 0) is 0 Å². The lowest BCUT2D eigenvalue weighted by molar-refractivity contribution is 0.102. The molecule has 0 aliphatic rings. The average Bonchev–Trinajstić information content (AvgIpc) is 2.97. The van der Waals surface area contributed by atoms with Crippen LogP contribution in [0.15, 0.2) is 21.6 Å². The second-order valence-corrected chi connectivity index (χ2v) is 6.18. The maximum Gasteiger partial charge on any atom is 0.258 e. The molecule has 0 atom stereocenters. The van der Waals surface area contributed by atoms with Gasteiger partial charge in [0.25, 0.3) is 5.91 Å². The molecule has 0 saturated carbocycles. The molecule has 3 aromatic rings. The first-order chi connectivity index (χ1) is 9.13. The molecule has 0 unspecified atom stereocenters. The number of hydrogen-bond acceptors (Lipinski definition) is 5. The van der Waals surface area contributed by atoms with Crippen molar-refractivity contribution in [2.45, 2.75) is 0 Å². The Hall–Kier alpha value is -1.51. The van der Waals surface area contributed by atoms with Gasteiger partial charge in [0.1, 0.15) is 5.52 Å². The molecule has 96 valence electrons. The van der Waals surface area contributed by atoms with Crippen LogP contribution in [0.4, 0.5) is 5.95 Å². The third-order valence-corrected chi connectivity index (χ3v) is 4.07. The van der Waals surface area contributed by atoms with E-state index in [1.54, 1.807) is 11.4 Å². The van der Waals surface area contributed by atoms with Crippen LogP contribution >= 0.6 is 38.9 Å². The van der Waals surface area contributed by atoms with Crippen molar-refractivity contribution >= 4 is 61.9 Å². The van der Waals surface area contributed by atoms with Gasteiger partial charge in [0.15, 0.2) is 10.8 Å². The molecule has 1 amide bonds. The van der Waals surface area contributed by atoms with E-state index in [0.717, 1.165) is 3.79 Å². The van der Waals surface area contributed by atoms with E-state index < -0.39 is 0 Å². The summed E-state index contributed by atoms with van der Waals surface area (Å²) in [6.07, 6.45) is 1.47. The van der Waals surface area contributed by atoms with Crippen molar-refractivity contribution in [1.82, 2.24) is 19.9 Å². The van der Waals surface area contributed by atoms with Crippen LogP contribution in [0.5, 0.6) is 0 Å². The van der Waals surface area contributed by atoms with E-state index in [2.05, 4.69) is 41.2 Å². The van der Waals surface area contributed by atoms with Crippen LogP contribution in [0, 0.1) is 0 Å². The largest absolute Gasteiger partial charge is 0.341 e. The van der Waals surface area contributed by atoms with E-state index in [0.29, 0.717) is 16.7 Å². The zero-order valence-corrected chi connectivity index (χ0v) is 12.3. The fourth-order valence-electron chi connectivity index (χ4n) is 1.46. The molecule has 0 aliphatic heterocycles. The fraction of sp³-hybridized carbons (Fsp3) is 0. The molecular weight excluding hydrogens is 354 g/mol. The van der Waals surface area contributed by atoms with E-state index >= 15 is 0 Å². The van der Waals surface area contributed by atoms with E-state index in [1.165, 1.54) is 17.7 Å². The Morgan fingerprint density at radius 3 is 3.05 bits per heavy atom. The number of carbonyl (C=O) groups is 1. The van der Waals surface area contributed by atoms with Gasteiger partial charge < -0.3 is 4.98 Å². The molecule has 0 spiro atoms. The zero-order valence-electron chi connectivity index (χ0n) is 9.15. The molecule has 6 nitrogen and oxygen atoms in total. The number of nitrogens with zero attached hydrogens (tertiary/aromatic N) is 3. The maximum atomic E-state index is 11.9. The normalized spacial score (nSPS) is 10.8. The summed E-state index contributed by atoms with van der Waals surface area (Å²) in [5.41, 5.74) is 1.47. The quantitative estimate of drug-likeness (QED) is 0.690. The zero-order chi connectivity index (χ0) is 13.4. The molecule has 0 aromatic carbocycles. The molecule has 2 N–H and O–H groups in total. The lowest BCUT2D eigenvalue weighted by Gasteiger charge is -2.02. The monoisotopic (exact) mass is 357 g/mol. The molecule has 3 rings (SSSR count). The van der Waals surface area contributed by atoms with Gasteiger partial charge in [-0.05, 0) is 22.0 Å². The summed E-state index contributed by atoms with van der Waals surface area (Å²) in [5.74, 6) is -0.176. The highest BCUT2D eigenvalue weighted by Crippen LogP contribution is 2.22. The number of halogens is 2. The number of aromatic amines is 1. The molecule has 0 fully saturated rings. The lowest BCUT2D eigenvalue weighted by atomic mass is 10.3. The van der Waals surface area contributed by atoms with Gasteiger partial charge in [-0.3, -0.25) is 10.1 Å². The third kappa shape index (κ3) is 2.46. The van der Waals surface area contributed by atoms with E-state index in [4.69, 9.17) is 11.6 Å². The smallest absolute Gasteiger partial charge is 0.258 e. The Labute approximate surface area is 124 Å². The second-order valence-electron chi connectivity index (χ2n) is 3.53. The van der Waals surface area contributed by atoms with E-state index in [-0.39, 0.29) is 17.0 Å². The highest BCUT2D eigenvalue weighted by molar-refractivity contribution is 9.11. The van der Waals surface area contributed by atoms with E-state index in [1.807, 2.05) is 0 Å². The van der Waals surface area contributed by atoms with Crippen molar-refractivity contribution in [3.05, 3.63) is 32.3 Å². The maximum absolute atomic E-state index is 11.9. The van der Waals surface area contributed by atoms with Crippen molar-refractivity contribution in [2.75, 3.05) is 5.32 Å². The van der Waals surface area contributed by atoms with Gasteiger partial charge in [0, 0.05) is 5.38 Å². The first-order valence-corrected chi connectivity index (χ1v) is 7.10. The number of aromatic nitrogens is 4. The van der Waals surface area contributed by atoms with Crippen LogP contribution in [-0.4, -0.2) is 25.8 Å². The molecular formula is C10H5BrClN5OS. The summed E-state index contributed by atoms with van der Waals surface area (Å²) < 4.78 is 0.874. The van der Waals surface area contributed by atoms with Gasteiger partial charge in [-0.1, -0.05) is 11.6 Å². The fourth-order valence-corrected chi connectivity index (χ4v) is 2.81. The molecule has 19 heavy (non-hydrogen) atoms. The van der Waals surface area contributed by atoms with Crippen LogP contribution in [0.2, 0.25) is 5.15 Å². The summed E-state index contributed by atoms with van der Waals surface area (Å²) >= 11 is 10.7. The first-order valence-electron chi connectivity index (χ1n) is 5.05. The number of H-pyrrole nitrogens is 1. The minimum Gasteiger partial charge on any atom is -0.341 e. The number of thiophene rings is 1. The lowest BCUT2D eigenvalue weighted by Crippen LogP contribution is -2.13. The van der Waals surface area contributed by atoms with Gasteiger partial charge in [-0.15, -0.1) is 11.3 Å². The van der Waals surface area contributed by atoms with Gasteiger partial charge in [0.2, 0.25) is 5.95 Å². The first kappa shape index (κ1) is 12.5. The van der Waals surface area contributed by atoms with Crippen molar-refractivity contribution < 1.29 is 4.79 Å². The van der Waals surface area contributed by atoms with Crippen molar-refractivity contribution in [3.63, 3.8) is 0 Å². The number of nitrogens with one attached hydrogen (secondary N) is 2. The number of anilines is 1. The van der Waals surface area contributed by atoms with Crippen molar-refractivity contribution in [3.8, 4) is 0 Å². The molecule has 0 radical (unpaired) electrons. The van der Waals surface area contributed by atoms with Crippen molar-refractivity contribution in [1.29, 1.82) is 0 Å². The predicted molar refractivity (Wildman–Crippen MR) is 76.7 cm³/mol. The third-order valence-electron chi connectivity index (χ3n) is 2.30. The Morgan fingerprint density at radius 2 is 2.32 bits per heavy atom. The number of carbonyl (C=O) groups excluding carboxylic acids is 1. The predicted octanol–water partition coefficient (Wildman–Crippen LogP) is 3.08. The summed E-state index contributed by atoms with van der Waals surface area (Å²) in [5, 5.41) is 4.52. The SMILES string of the molecule is O=C(Nc1nc(Cl)c2[nH]cnc2n1)c1csc(Br)c1. The van der Waals surface area contributed by atoms with Crippen LogP contribution in [0.3, 0.4) is 0 Å². The Balaban J connectivity index is 1.90. The van der Waals surface area contributed by atoms with Crippen LogP contribution < -0.4 is 5.32 Å². The molecule has 0 bridgehead atoms. The van der Waals surface area contributed by atoms with Gasteiger partial charge >= 0.3 is 0 Å². The molecule has 9 heteroatoms. The van der Waals surface area contributed by atoms with Crippen LogP contribution in [0.1, 0.15) is 10.4 Å².